The maximum atomic E-state index is 12.8. The molecule has 1 N–H and O–H groups in total. The lowest BCUT2D eigenvalue weighted by molar-refractivity contribution is -0.124. The van der Waals surface area contributed by atoms with E-state index < -0.39 is 0 Å². The van der Waals surface area contributed by atoms with E-state index in [1.165, 1.54) is 6.42 Å². The molecular weight excluding hydrogens is 348 g/mol. The number of thiocarbonyl (C=S) groups is 1. The molecule has 3 rings (SSSR count). The van der Waals surface area contributed by atoms with Crippen LogP contribution in [0.25, 0.3) is 6.08 Å². The zero-order valence-electron chi connectivity index (χ0n) is 14.8. The van der Waals surface area contributed by atoms with E-state index >= 15 is 0 Å². The predicted octanol–water partition coefficient (Wildman–Crippen LogP) is 3.10. The minimum atomic E-state index is -0.0616. The Morgan fingerprint density at radius 2 is 2.12 bits per heavy atom. The highest BCUT2D eigenvalue weighted by molar-refractivity contribution is 7.80. The Hall–Kier alpha value is -2.52. The van der Waals surface area contributed by atoms with Crippen molar-refractivity contribution >= 4 is 29.3 Å². The fraction of sp³-hybridized carbons (Fsp3) is 0.400. The smallest absolute Gasteiger partial charge is 0.276 e. The first-order valence-electron chi connectivity index (χ1n) is 8.74. The highest BCUT2D eigenvalue weighted by Crippen LogP contribution is 2.30. The van der Waals surface area contributed by atoms with Crippen molar-refractivity contribution in [2.45, 2.75) is 38.1 Å². The first kappa shape index (κ1) is 18.3. The van der Waals surface area contributed by atoms with Crippen molar-refractivity contribution in [1.82, 2.24) is 10.2 Å². The van der Waals surface area contributed by atoms with E-state index in [1.807, 2.05) is 6.07 Å². The lowest BCUT2D eigenvalue weighted by Crippen LogP contribution is -2.41. The molecule has 136 valence electrons. The minimum absolute atomic E-state index is 0.0616. The molecule has 0 unspecified atom stereocenters. The van der Waals surface area contributed by atoms with Crippen LogP contribution in [0.3, 0.4) is 0 Å². The highest BCUT2D eigenvalue weighted by atomic mass is 32.1. The van der Waals surface area contributed by atoms with Crippen molar-refractivity contribution in [3.63, 3.8) is 0 Å². The van der Waals surface area contributed by atoms with Crippen molar-refractivity contribution < 1.29 is 14.3 Å². The first-order chi connectivity index (χ1) is 12.6. The Labute approximate surface area is 159 Å². The number of benzene rings is 1. The molecule has 0 bridgehead atoms. The molecule has 26 heavy (non-hydrogen) atoms. The van der Waals surface area contributed by atoms with E-state index in [0.29, 0.717) is 22.3 Å². The molecule has 1 amide bonds. The van der Waals surface area contributed by atoms with Gasteiger partial charge in [-0.2, -0.15) is 0 Å². The van der Waals surface area contributed by atoms with Gasteiger partial charge in [-0.15, -0.1) is 6.42 Å². The summed E-state index contributed by atoms with van der Waals surface area (Å²) in [4.78, 5) is 14.5. The molecule has 1 aromatic carbocycles. The van der Waals surface area contributed by atoms with E-state index in [0.717, 1.165) is 31.2 Å². The van der Waals surface area contributed by atoms with Gasteiger partial charge in [0.2, 0.25) is 0 Å². The Kier molecular flexibility index (Phi) is 5.79. The average molecular weight is 370 g/mol. The van der Waals surface area contributed by atoms with Gasteiger partial charge in [-0.1, -0.05) is 31.2 Å². The van der Waals surface area contributed by atoms with Gasteiger partial charge in [0.1, 0.15) is 12.3 Å². The Bertz CT molecular complexity index is 776. The molecule has 5 nitrogen and oxygen atoms in total. The monoisotopic (exact) mass is 370 g/mol. The number of nitrogens with one attached hydrogen (secondary N) is 1. The molecule has 2 aliphatic rings. The van der Waals surface area contributed by atoms with Crippen molar-refractivity contribution in [1.29, 1.82) is 0 Å². The molecule has 0 spiro atoms. The van der Waals surface area contributed by atoms with Crippen molar-refractivity contribution in [2.24, 2.45) is 0 Å². The molecule has 1 aromatic rings. The van der Waals surface area contributed by atoms with Crippen LogP contribution in [0.5, 0.6) is 11.5 Å². The minimum Gasteiger partial charge on any atom is -0.493 e. The van der Waals surface area contributed by atoms with Crippen LogP contribution in [0, 0.1) is 12.3 Å². The summed E-state index contributed by atoms with van der Waals surface area (Å²) >= 11 is 5.40. The summed E-state index contributed by atoms with van der Waals surface area (Å²) in [5.74, 6) is 3.49. The number of rotatable bonds is 5. The van der Waals surface area contributed by atoms with Gasteiger partial charge in [0, 0.05) is 6.04 Å². The SMILES string of the molecule is C#CCOc1ccc(C=C2NC(=S)N(C3CCCCC3)C2=O)cc1OC. The number of hydrogen-bond acceptors (Lipinski definition) is 4. The van der Waals surface area contributed by atoms with E-state index in [9.17, 15) is 4.79 Å². The highest BCUT2D eigenvalue weighted by Gasteiger charge is 2.36. The third kappa shape index (κ3) is 3.83. The average Bonchev–Trinajstić information content (AvgIpc) is 2.94. The van der Waals surface area contributed by atoms with Gasteiger partial charge in [-0.3, -0.25) is 9.69 Å². The van der Waals surface area contributed by atoms with Crippen molar-refractivity contribution in [2.75, 3.05) is 13.7 Å². The fourth-order valence-electron chi connectivity index (χ4n) is 3.40. The number of hydrogen-bond donors (Lipinski definition) is 1. The van der Waals surface area contributed by atoms with Gasteiger partial charge < -0.3 is 14.8 Å². The normalized spacial score (nSPS) is 19.4. The summed E-state index contributed by atoms with van der Waals surface area (Å²) in [7, 11) is 1.56. The van der Waals surface area contributed by atoms with E-state index in [-0.39, 0.29) is 18.6 Å². The third-order valence-corrected chi connectivity index (χ3v) is 4.96. The molecule has 6 heteroatoms. The maximum absolute atomic E-state index is 12.8. The second-order valence-electron chi connectivity index (χ2n) is 6.36. The molecule has 0 atom stereocenters. The summed E-state index contributed by atoms with van der Waals surface area (Å²) in [5, 5.41) is 3.55. The number of ether oxygens (including phenoxy) is 2. The number of amides is 1. The fourth-order valence-corrected chi connectivity index (χ4v) is 3.74. The Morgan fingerprint density at radius 1 is 1.35 bits per heavy atom. The van der Waals surface area contributed by atoms with E-state index in [1.54, 1.807) is 30.2 Å². The molecule has 2 fully saturated rings. The molecule has 1 aliphatic carbocycles. The van der Waals surface area contributed by atoms with Crippen LogP contribution < -0.4 is 14.8 Å². The van der Waals surface area contributed by atoms with Crippen LogP contribution in [0.15, 0.2) is 23.9 Å². The second-order valence-corrected chi connectivity index (χ2v) is 6.74. The van der Waals surface area contributed by atoms with Crippen LogP contribution >= 0.6 is 12.2 Å². The number of carbonyl (C=O) groups excluding carboxylic acids is 1. The summed E-state index contributed by atoms with van der Waals surface area (Å²) in [6, 6.07) is 5.64. The zero-order valence-corrected chi connectivity index (χ0v) is 15.6. The van der Waals surface area contributed by atoms with Crippen molar-refractivity contribution in [3.8, 4) is 23.8 Å². The first-order valence-corrected chi connectivity index (χ1v) is 9.15. The Morgan fingerprint density at radius 3 is 2.81 bits per heavy atom. The van der Waals surface area contributed by atoms with Crippen LogP contribution in [0.2, 0.25) is 0 Å². The number of carbonyl (C=O) groups is 1. The van der Waals surface area contributed by atoms with Crippen LogP contribution in [0.4, 0.5) is 0 Å². The van der Waals surface area contributed by atoms with Gasteiger partial charge in [0.25, 0.3) is 5.91 Å². The number of nitrogens with zero attached hydrogens (tertiary/aromatic N) is 1. The summed E-state index contributed by atoms with van der Waals surface area (Å²) < 4.78 is 10.8. The van der Waals surface area contributed by atoms with E-state index in [4.69, 9.17) is 28.1 Å². The number of methoxy groups -OCH3 is 1. The van der Waals surface area contributed by atoms with Gasteiger partial charge in [-0.05, 0) is 48.8 Å². The van der Waals surface area contributed by atoms with Gasteiger partial charge in [0.05, 0.1) is 7.11 Å². The molecule has 1 heterocycles. The topological polar surface area (TPSA) is 50.8 Å². The van der Waals surface area contributed by atoms with Gasteiger partial charge in [-0.25, -0.2) is 0 Å². The third-order valence-electron chi connectivity index (χ3n) is 4.66. The second kappa shape index (κ2) is 8.24. The van der Waals surface area contributed by atoms with Gasteiger partial charge >= 0.3 is 0 Å². The van der Waals surface area contributed by atoms with E-state index in [2.05, 4.69) is 11.2 Å². The Balaban J connectivity index is 1.80. The quantitative estimate of drug-likeness (QED) is 0.490. The summed E-state index contributed by atoms with van der Waals surface area (Å²) in [6.45, 7) is 0.168. The lowest BCUT2D eigenvalue weighted by Gasteiger charge is -2.29. The molecular formula is C20H22N2O3S. The predicted molar refractivity (Wildman–Crippen MR) is 105 cm³/mol. The van der Waals surface area contributed by atoms with Crippen molar-refractivity contribution in [3.05, 3.63) is 29.5 Å². The standard InChI is InChI=1S/C20H22N2O3S/c1-3-11-25-17-10-9-14(13-18(17)24-2)12-16-19(23)22(20(26)21-16)15-7-5-4-6-8-15/h1,9-10,12-13,15H,4-8,11H2,2H3,(H,21,26). The molecule has 0 radical (unpaired) electrons. The molecule has 1 aliphatic heterocycles. The van der Waals surface area contributed by atoms with Crippen LogP contribution in [-0.4, -0.2) is 35.7 Å². The molecule has 1 saturated heterocycles. The zero-order chi connectivity index (χ0) is 18.5. The van der Waals surface area contributed by atoms with Gasteiger partial charge in [0.15, 0.2) is 16.6 Å². The molecule has 0 aromatic heterocycles. The maximum Gasteiger partial charge on any atom is 0.276 e. The molecule has 1 saturated carbocycles. The summed E-state index contributed by atoms with van der Waals surface area (Å²) in [5.41, 5.74) is 1.30. The van der Waals surface area contributed by atoms with Crippen LogP contribution in [-0.2, 0) is 4.79 Å². The largest absolute Gasteiger partial charge is 0.493 e. The lowest BCUT2D eigenvalue weighted by atomic mass is 9.94. The van der Waals surface area contributed by atoms with Crippen LogP contribution in [0.1, 0.15) is 37.7 Å². The summed E-state index contributed by atoms with van der Waals surface area (Å²) in [6.07, 6.45) is 12.5. The number of terminal acetylenes is 1.